The van der Waals surface area contributed by atoms with Crippen LogP contribution >= 0.6 is 0 Å². The first-order valence-corrected chi connectivity index (χ1v) is 4.07. The summed E-state index contributed by atoms with van der Waals surface area (Å²) in [5.41, 5.74) is 0. The summed E-state index contributed by atoms with van der Waals surface area (Å²) in [6.45, 7) is 5.17. The van der Waals surface area contributed by atoms with Gasteiger partial charge in [-0.15, -0.1) is 0 Å². The minimum atomic E-state index is 0.236. The van der Waals surface area contributed by atoms with Gasteiger partial charge in [0, 0.05) is 13.2 Å². The largest absolute Gasteiger partial charge is 0.396 e. The molecular formula is C8H18O2. The molecule has 2 nitrogen and oxygen atoms in total. The molecule has 0 saturated heterocycles. The average Bonchev–Trinajstić information content (AvgIpc) is 1.99. The zero-order chi connectivity index (χ0) is 7.82. The Bertz CT molecular complexity index is 60.3. The molecule has 62 valence electrons. The Morgan fingerprint density at radius 3 is 2.30 bits per heavy atom. The monoisotopic (exact) mass is 146 g/mol. The summed E-state index contributed by atoms with van der Waals surface area (Å²) in [6.07, 6.45) is 3.30. The van der Waals surface area contributed by atoms with Crippen molar-refractivity contribution in [2.75, 3.05) is 13.2 Å². The summed E-state index contributed by atoms with van der Waals surface area (Å²) in [4.78, 5) is 0. The van der Waals surface area contributed by atoms with E-state index in [-0.39, 0.29) is 6.61 Å². The lowest BCUT2D eigenvalue weighted by Gasteiger charge is -2.12. The second kappa shape index (κ2) is 7.03. The minimum absolute atomic E-state index is 0.236. The maximum atomic E-state index is 8.44. The van der Waals surface area contributed by atoms with Crippen molar-refractivity contribution in [3.63, 3.8) is 0 Å². The fraction of sp³-hybridized carbons (Fsp3) is 1.00. The highest BCUT2D eigenvalue weighted by atomic mass is 16.5. The van der Waals surface area contributed by atoms with E-state index >= 15 is 0 Å². The minimum Gasteiger partial charge on any atom is -0.396 e. The fourth-order valence-corrected chi connectivity index (χ4v) is 0.839. The first-order chi connectivity index (χ1) is 4.85. The maximum Gasteiger partial charge on any atom is 0.0569 e. The van der Waals surface area contributed by atoms with Crippen LogP contribution in [0.4, 0.5) is 0 Å². The predicted molar refractivity (Wildman–Crippen MR) is 42.0 cm³/mol. The van der Waals surface area contributed by atoms with Crippen molar-refractivity contribution in [3.05, 3.63) is 0 Å². The van der Waals surface area contributed by atoms with Gasteiger partial charge in [-0.3, -0.25) is 0 Å². The maximum absolute atomic E-state index is 8.44. The Labute approximate surface area is 63.2 Å². The smallest absolute Gasteiger partial charge is 0.0569 e. The van der Waals surface area contributed by atoms with Crippen molar-refractivity contribution in [1.82, 2.24) is 0 Å². The zero-order valence-electron chi connectivity index (χ0n) is 6.97. The normalized spacial score (nSPS) is 10.8. The van der Waals surface area contributed by atoms with Crippen molar-refractivity contribution in [2.45, 2.75) is 39.2 Å². The Balaban J connectivity index is 3.09. The highest BCUT2D eigenvalue weighted by Crippen LogP contribution is 2.02. The van der Waals surface area contributed by atoms with Gasteiger partial charge >= 0.3 is 0 Å². The van der Waals surface area contributed by atoms with Gasteiger partial charge in [0.05, 0.1) is 6.10 Å². The number of hydrogen-bond donors (Lipinski definition) is 1. The van der Waals surface area contributed by atoms with Crippen LogP contribution in [0.1, 0.15) is 33.1 Å². The first kappa shape index (κ1) is 9.92. The van der Waals surface area contributed by atoms with Gasteiger partial charge in [0.15, 0.2) is 0 Å². The van der Waals surface area contributed by atoms with E-state index in [0.717, 1.165) is 19.3 Å². The summed E-state index contributed by atoms with van der Waals surface area (Å²) in [5.74, 6) is 0. The molecule has 0 radical (unpaired) electrons. The number of ether oxygens (including phenoxy) is 1. The van der Waals surface area contributed by atoms with Crippen molar-refractivity contribution in [2.24, 2.45) is 0 Å². The van der Waals surface area contributed by atoms with Crippen molar-refractivity contribution in [1.29, 1.82) is 0 Å². The molecule has 0 aromatic carbocycles. The van der Waals surface area contributed by atoms with Crippen LogP contribution < -0.4 is 0 Å². The third kappa shape index (κ3) is 4.77. The molecule has 0 spiro atoms. The molecule has 0 rings (SSSR count). The molecule has 0 aliphatic heterocycles. The van der Waals surface area contributed by atoms with Crippen LogP contribution in [-0.4, -0.2) is 24.4 Å². The molecule has 0 saturated carbocycles. The standard InChI is InChI=1S/C8H18O2/c1-3-8(4-2)10-7-5-6-9/h8-9H,3-7H2,1-2H3. The molecule has 0 aliphatic carbocycles. The number of rotatable bonds is 6. The van der Waals surface area contributed by atoms with Crippen LogP contribution in [0.5, 0.6) is 0 Å². The second-order valence-corrected chi connectivity index (χ2v) is 2.39. The van der Waals surface area contributed by atoms with E-state index in [1.165, 1.54) is 0 Å². The van der Waals surface area contributed by atoms with E-state index in [0.29, 0.717) is 12.7 Å². The molecule has 0 heterocycles. The van der Waals surface area contributed by atoms with Crippen LogP contribution in [0.2, 0.25) is 0 Å². The molecule has 0 unspecified atom stereocenters. The lowest BCUT2D eigenvalue weighted by Crippen LogP contribution is -2.11. The van der Waals surface area contributed by atoms with Gasteiger partial charge < -0.3 is 9.84 Å². The summed E-state index contributed by atoms with van der Waals surface area (Å²) in [5, 5.41) is 8.44. The average molecular weight is 146 g/mol. The Morgan fingerprint density at radius 1 is 1.30 bits per heavy atom. The fourth-order valence-electron chi connectivity index (χ4n) is 0.839. The summed E-state index contributed by atoms with van der Waals surface area (Å²) in [6, 6.07) is 0. The van der Waals surface area contributed by atoms with E-state index in [4.69, 9.17) is 9.84 Å². The van der Waals surface area contributed by atoms with Gasteiger partial charge in [-0.2, -0.15) is 0 Å². The number of aliphatic hydroxyl groups is 1. The lowest BCUT2D eigenvalue weighted by molar-refractivity contribution is 0.0396. The first-order valence-electron chi connectivity index (χ1n) is 4.07. The molecule has 2 heteroatoms. The van der Waals surface area contributed by atoms with Gasteiger partial charge in [-0.05, 0) is 19.3 Å². The van der Waals surface area contributed by atoms with Gasteiger partial charge in [0.2, 0.25) is 0 Å². The Morgan fingerprint density at radius 2 is 1.90 bits per heavy atom. The summed E-state index contributed by atoms with van der Waals surface area (Å²) in [7, 11) is 0. The molecule has 0 bridgehead atoms. The van der Waals surface area contributed by atoms with Crippen LogP contribution in [0, 0.1) is 0 Å². The molecule has 0 fully saturated rings. The Kier molecular flexibility index (Phi) is 6.98. The van der Waals surface area contributed by atoms with Crippen LogP contribution in [0.15, 0.2) is 0 Å². The molecule has 0 aromatic heterocycles. The van der Waals surface area contributed by atoms with E-state index < -0.39 is 0 Å². The third-order valence-corrected chi connectivity index (χ3v) is 1.57. The van der Waals surface area contributed by atoms with Crippen molar-refractivity contribution < 1.29 is 9.84 Å². The lowest BCUT2D eigenvalue weighted by atomic mass is 10.2. The summed E-state index contributed by atoms with van der Waals surface area (Å²) >= 11 is 0. The Hall–Kier alpha value is -0.0800. The van der Waals surface area contributed by atoms with Gasteiger partial charge in [-0.1, -0.05) is 13.8 Å². The molecule has 0 amide bonds. The highest BCUT2D eigenvalue weighted by Gasteiger charge is 2.00. The molecule has 1 N–H and O–H groups in total. The molecule has 0 aromatic rings. The summed E-state index contributed by atoms with van der Waals surface area (Å²) < 4.78 is 5.42. The third-order valence-electron chi connectivity index (χ3n) is 1.57. The number of hydrogen-bond acceptors (Lipinski definition) is 2. The SMILES string of the molecule is CCC(CC)OCCCO. The van der Waals surface area contributed by atoms with Crippen molar-refractivity contribution >= 4 is 0 Å². The van der Waals surface area contributed by atoms with Crippen LogP contribution in [0.25, 0.3) is 0 Å². The predicted octanol–water partition coefficient (Wildman–Crippen LogP) is 1.57. The topological polar surface area (TPSA) is 29.5 Å². The quantitative estimate of drug-likeness (QED) is 0.576. The van der Waals surface area contributed by atoms with Crippen LogP contribution in [-0.2, 0) is 4.74 Å². The number of aliphatic hydroxyl groups excluding tert-OH is 1. The van der Waals surface area contributed by atoms with Crippen LogP contribution in [0.3, 0.4) is 0 Å². The van der Waals surface area contributed by atoms with Gasteiger partial charge in [-0.25, -0.2) is 0 Å². The van der Waals surface area contributed by atoms with Gasteiger partial charge in [0.1, 0.15) is 0 Å². The van der Waals surface area contributed by atoms with Crippen molar-refractivity contribution in [3.8, 4) is 0 Å². The molecule has 10 heavy (non-hydrogen) atoms. The van der Waals surface area contributed by atoms with E-state index in [1.807, 2.05) is 0 Å². The van der Waals surface area contributed by atoms with E-state index in [9.17, 15) is 0 Å². The molecular weight excluding hydrogens is 128 g/mol. The van der Waals surface area contributed by atoms with E-state index in [2.05, 4.69) is 13.8 Å². The zero-order valence-corrected chi connectivity index (χ0v) is 6.97. The highest BCUT2D eigenvalue weighted by molar-refractivity contribution is 4.50. The van der Waals surface area contributed by atoms with Gasteiger partial charge in [0.25, 0.3) is 0 Å². The molecule has 0 atom stereocenters. The van der Waals surface area contributed by atoms with E-state index in [1.54, 1.807) is 0 Å². The second-order valence-electron chi connectivity index (χ2n) is 2.39. The molecule has 0 aliphatic rings.